The average Bonchev–Trinajstić information content (AvgIpc) is 3.08. The molecule has 0 saturated heterocycles. The van der Waals surface area contributed by atoms with E-state index in [2.05, 4.69) is 9.71 Å². The Labute approximate surface area is 162 Å². The first-order valence-corrected chi connectivity index (χ1v) is 10.8. The van der Waals surface area contributed by atoms with Crippen LogP contribution in [0.5, 0.6) is 0 Å². The smallest absolute Gasteiger partial charge is 0.240 e. The number of benzene rings is 2. The number of amides is 1. The van der Waals surface area contributed by atoms with Gasteiger partial charge in [-0.1, -0.05) is 24.3 Å². The van der Waals surface area contributed by atoms with Crippen molar-refractivity contribution in [3.8, 4) is 0 Å². The normalized spacial score (nSPS) is 11.6. The number of carbonyl (C=O) groups excluding carboxylic acids is 1. The molecule has 0 aliphatic heterocycles. The van der Waals surface area contributed by atoms with E-state index >= 15 is 0 Å². The van der Waals surface area contributed by atoms with Crippen molar-refractivity contribution in [1.29, 1.82) is 0 Å². The predicted octanol–water partition coefficient (Wildman–Crippen LogP) is 2.80. The second-order valence-electron chi connectivity index (χ2n) is 6.18. The molecule has 0 saturated carbocycles. The number of para-hydroxylation sites is 1. The standard InChI is InChI=1S/C19H21N3O3S2/c1-20-27(24,25)15-10-7-14(8-11-15)9-12-19(23)22(2)13-18-21-16-5-3-4-6-17(16)26-18/h3-8,10-11,20H,9,12-13H2,1-2H3. The quantitative estimate of drug-likeness (QED) is 0.658. The Morgan fingerprint density at radius 2 is 1.85 bits per heavy atom. The van der Waals surface area contributed by atoms with Gasteiger partial charge in [0.2, 0.25) is 15.9 Å². The summed E-state index contributed by atoms with van der Waals surface area (Å²) < 4.78 is 26.9. The van der Waals surface area contributed by atoms with Crippen molar-refractivity contribution in [2.45, 2.75) is 24.3 Å². The lowest BCUT2D eigenvalue weighted by Gasteiger charge is -2.15. The summed E-state index contributed by atoms with van der Waals surface area (Å²) in [5.74, 6) is 0.0289. The first-order valence-electron chi connectivity index (χ1n) is 8.50. The summed E-state index contributed by atoms with van der Waals surface area (Å²) in [7, 11) is -0.283. The molecule has 142 valence electrons. The van der Waals surface area contributed by atoms with Gasteiger partial charge < -0.3 is 4.90 Å². The van der Waals surface area contributed by atoms with Gasteiger partial charge in [-0.15, -0.1) is 11.3 Å². The molecule has 0 fully saturated rings. The number of carbonyl (C=O) groups is 1. The van der Waals surface area contributed by atoms with E-state index < -0.39 is 10.0 Å². The number of hydrogen-bond acceptors (Lipinski definition) is 5. The first kappa shape index (κ1) is 19.5. The number of fused-ring (bicyclic) bond motifs is 1. The minimum atomic E-state index is -3.44. The minimum Gasteiger partial charge on any atom is -0.339 e. The lowest BCUT2D eigenvalue weighted by molar-refractivity contribution is -0.130. The Morgan fingerprint density at radius 1 is 1.15 bits per heavy atom. The number of thiazole rings is 1. The third kappa shape index (κ3) is 4.71. The van der Waals surface area contributed by atoms with Gasteiger partial charge in [-0.05, 0) is 43.3 Å². The highest BCUT2D eigenvalue weighted by Gasteiger charge is 2.14. The third-order valence-electron chi connectivity index (χ3n) is 4.27. The van der Waals surface area contributed by atoms with Crippen molar-refractivity contribution in [2.24, 2.45) is 0 Å². The molecule has 1 heterocycles. The lowest BCUT2D eigenvalue weighted by atomic mass is 10.1. The second kappa shape index (κ2) is 8.16. The van der Waals surface area contributed by atoms with Gasteiger partial charge in [-0.2, -0.15) is 0 Å². The summed E-state index contributed by atoms with van der Waals surface area (Å²) in [5, 5.41) is 0.911. The molecule has 0 bridgehead atoms. The number of aromatic nitrogens is 1. The van der Waals surface area contributed by atoms with E-state index in [0.29, 0.717) is 19.4 Å². The number of nitrogens with zero attached hydrogens (tertiary/aromatic N) is 2. The Kier molecular flexibility index (Phi) is 5.88. The van der Waals surface area contributed by atoms with Crippen LogP contribution in [0.3, 0.4) is 0 Å². The zero-order chi connectivity index (χ0) is 19.4. The van der Waals surface area contributed by atoms with Gasteiger partial charge in [0, 0.05) is 13.5 Å². The first-order chi connectivity index (χ1) is 12.9. The summed E-state index contributed by atoms with van der Waals surface area (Å²) in [6.45, 7) is 0.484. The fourth-order valence-electron chi connectivity index (χ4n) is 2.67. The minimum absolute atomic E-state index is 0.0289. The van der Waals surface area contributed by atoms with E-state index in [1.807, 2.05) is 24.3 Å². The summed E-state index contributed by atoms with van der Waals surface area (Å²) in [4.78, 5) is 18.9. The van der Waals surface area contributed by atoms with Crippen molar-refractivity contribution in [1.82, 2.24) is 14.6 Å². The van der Waals surface area contributed by atoms with Gasteiger partial charge in [0.05, 0.1) is 21.7 Å². The van der Waals surface area contributed by atoms with Crippen LogP contribution in [0.25, 0.3) is 10.2 Å². The van der Waals surface area contributed by atoms with Crippen LogP contribution in [0.1, 0.15) is 17.0 Å². The molecule has 1 aromatic heterocycles. The number of aryl methyl sites for hydroxylation is 1. The van der Waals surface area contributed by atoms with Crippen molar-refractivity contribution in [3.63, 3.8) is 0 Å². The molecule has 8 heteroatoms. The van der Waals surface area contributed by atoms with Crippen LogP contribution < -0.4 is 4.72 Å². The molecule has 0 atom stereocenters. The van der Waals surface area contributed by atoms with Gasteiger partial charge in [0.1, 0.15) is 5.01 Å². The van der Waals surface area contributed by atoms with Crippen molar-refractivity contribution < 1.29 is 13.2 Å². The number of sulfonamides is 1. The molecule has 6 nitrogen and oxygen atoms in total. The van der Waals surface area contributed by atoms with Gasteiger partial charge in [0.25, 0.3) is 0 Å². The molecule has 0 radical (unpaired) electrons. The van der Waals surface area contributed by atoms with Crippen molar-refractivity contribution >= 4 is 37.5 Å². The molecule has 0 spiro atoms. The average molecular weight is 404 g/mol. The highest BCUT2D eigenvalue weighted by atomic mass is 32.2. The van der Waals surface area contributed by atoms with Crippen LogP contribution in [0, 0.1) is 0 Å². The zero-order valence-electron chi connectivity index (χ0n) is 15.2. The molecule has 2 aromatic carbocycles. The Hall–Kier alpha value is -2.29. The number of hydrogen-bond donors (Lipinski definition) is 1. The SMILES string of the molecule is CNS(=O)(=O)c1ccc(CCC(=O)N(C)Cc2nc3ccccc3s2)cc1. The topological polar surface area (TPSA) is 79.4 Å². The third-order valence-corrected chi connectivity index (χ3v) is 6.72. The maximum atomic E-state index is 12.4. The van der Waals surface area contributed by atoms with E-state index in [4.69, 9.17) is 0 Å². The fourth-order valence-corrected chi connectivity index (χ4v) is 4.42. The molecule has 1 N–H and O–H groups in total. The maximum Gasteiger partial charge on any atom is 0.240 e. The molecule has 0 unspecified atom stereocenters. The van der Waals surface area contributed by atoms with Gasteiger partial charge >= 0.3 is 0 Å². The van der Waals surface area contributed by atoms with E-state index in [1.165, 1.54) is 7.05 Å². The molecule has 3 rings (SSSR count). The summed E-state index contributed by atoms with van der Waals surface area (Å²) in [6.07, 6.45) is 0.919. The van der Waals surface area contributed by atoms with E-state index in [0.717, 1.165) is 20.8 Å². The summed E-state index contributed by atoms with van der Waals surface area (Å²) >= 11 is 1.60. The highest BCUT2D eigenvalue weighted by Crippen LogP contribution is 2.22. The number of nitrogens with one attached hydrogen (secondary N) is 1. The molecular weight excluding hydrogens is 382 g/mol. The van der Waals surface area contributed by atoms with Crippen LogP contribution in [-0.2, 0) is 27.8 Å². The number of rotatable bonds is 7. The van der Waals surface area contributed by atoms with Gasteiger partial charge in [-0.3, -0.25) is 4.79 Å². The maximum absolute atomic E-state index is 12.4. The Bertz CT molecular complexity index is 1010. The van der Waals surface area contributed by atoms with Crippen LogP contribution in [0.15, 0.2) is 53.4 Å². The molecule has 0 aliphatic rings. The highest BCUT2D eigenvalue weighted by molar-refractivity contribution is 7.89. The Morgan fingerprint density at radius 3 is 2.52 bits per heavy atom. The fraction of sp³-hybridized carbons (Fsp3) is 0.263. The lowest BCUT2D eigenvalue weighted by Crippen LogP contribution is -2.26. The molecule has 1 amide bonds. The van der Waals surface area contributed by atoms with E-state index in [1.54, 1.807) is 47.5 Å². The summed E-state index contributed by atoms with van der Waals surface area (Å²) in [5.41, 5.74) is 1.88. The van der Waals surface area contributed by atoms with Crippen LogP contribution in [0.2, 0.25) is 0 Å². The van der Waals surface area contributed by atoms with Crippen LogP contribution in [-0.4, -0.2) is 38.3 Å². The van der Waals surface area contributed by atoms with E-state index in [9.17, 15) is 13.2 Å². The van der Waals surface area contributed by atoms with Crippen molar-refractivity contribution in [3.05, 3.63) is 59.1 Å². The van der Waals surface area contributed by atoms with Crippen molar-refractivity contribution in [2.75, 3.05) is 14.1 Å². The van der Waals surface area contributed by atoms with E-state index in [-0.39, 0.29) is 10.8 Å². The van der Waals surface area contributed by atoms with Gasteiger partial charge in [0.15, 0.2) is 0 Å². The predicted molar refractivity (Wildman–Crippen MR) is 107 cm³/mol. The molecule has 0 aliphatic carbocycles. The Balaban J connectivity index is 1.56. The largest absolute Gasteiger partial charge is 0.339 e. The van der Waals surface area contributed by atoms with Crippen LogP contribution in [0.4, 0.5) is 0 Å². The monoisotopic (exact) mass is 403 g/mol. The molecule has 3 aromatic rings. The second-order valence-corrected chi connectivity index (χ2v) is 9.18. The molecule has 27 heavy (non-hydrogen) atoms. The van der Waals surface area contributed by atoms with Crippen LogP contribution >= 0.6 is 11.3 Å². The summed E-state index contributed by atoms with van der Waals surface area (Å²) in [6, 6.07) is 14.5. The zero-order valence-corrected chi connectivity index (χ0v) is 16.8. The van der Waals surface area contributed by atoms with Gasteiger partial charge in [-0.25, -0.2) is 18.1 Å². The molecular formula is C19H21N3O3S2.